The number of nitrogens with zero attached hydrogens (tertiary/aromatic N) is 3. The summed E-state index contributed by atoms with van der Waals surface area (Å²) in [5.41, 5.74) is 2.20. The number of pyridine rings is 1. The van der Waals surface area contributed by atoms with E-state index in [4.69, 9.17) is 4.74 Å². The van der Waals surface area contributed by atoms with Crippen molar-refractivity contribution in [2.75, 3.05) is 23.8 Å². The summed E-state index contributed by atoms with van der Waals surface area (Å²) in [6.07, 6.45) is 1.58. The first kappa shape index (κ1) is 19.0. The van der Waals surface area contributed by atoms with Crippen molar-refractivity contribution in [2.24, 2.45) is 0 Å². The fraction of sp³-hybridized carbons (Fsp3) is 0.211. The van der Waals surface area contributed by atoms with E-state index in [0.29, 0.717) is 41.5 Å². The van der Waals surface area contributed by atoms with E-state index in [1.54, 1.807) is 49.5 Å². The maximum atomic E-state index is 11.7. The van der Waals surface area contributed by atoms with Crippen molar-refractivity contribution in [3.8, 4) is 0 Å². The lowest BCUT2D eigenvalue weighted by Gasteiger charge is -2.08. The van der Waals surface area contributed by atoms with Gasteiger partial charge in [-0.15, -0.1) is 0 Å². The highest BCUT2D eigenvalue weighted by Gasteiger charge is 2.08. The molecule has 0 saturated heterocycles. The number of hydrogen-bond acceptors (Lipinski definition) is 7. The second-order valence-electron chi connectivity index (χ2n) is 5.70. The van der Waals surface area contributed by atoms with E-state index in [9.17, 15) is 9.59 Å². The Morgan fingerprint density at radius 3 is 2.46 bits per heavy atom. The summed E-state index contributed by atoms with van der Waals surface area (Å²) in [6.45, 7) is 4.44. The van der Waals surface area contributed by atoms with Gasteiger partial charge in [0.15, 0.2) is 11.5 Å². The highest BCUT2D eigenvalue weighted by Crippen LogP contribution is 2.18. The Bertz CT molecular complexity index is 991. The van der Waals surface area contributed by atoms with E-state index in [2.05, 4.69) is 30.9 Å². The van der Waals surface area contributed by atoms with Gasteiger partial charge in [0.1, 0.15) is 11.3 Å². The van der Waals surface area contributed by atoms with Gasteiger partial charge in [-0.2, -0.15) is 0 Å². The first-order valence-corrected chi connectivity index (χ1v) is 8.82. The average molecular weight is 380 g/mol. The van der Waals surface area contributed by atoms with E-state index in [1.807, 2.05) is 6.92 Å². The van der Waals surface area contributed by atoms with E-state index in [1.165, 1.54) is 0 Å². The maximum absolute atomic E-state index is 11.7. The lowest BCUT2D eigenvalue weighted by Crippen LogP contribution is -2.28. The molecule has 0 aliphatic heterocycles. The van der Waals surface area contributed by atoms with Crippen molar-refractivity contribution < 1.29 is 14.3 Å². The van der Waals surface area contributed by atoms with Crippen molar-refractivity contribution in [1.29, 1.82) is 0 Å². The van der Waals surface area contributed by atoms with Crippen molar-refractivity contribution >= 4 is 40.5 Å². The van der Waals surface area contributed by atoms with Gasteiger partial charge in [0.25, 0.3) is 0 Å². The zero-order valence-electron chi connectivity index (χ0n) is 15.5. The predicted octanol–water partition coefficient (Wildman–Crippen LogP) is 3.09. The Balaban J connectivity index is 1.75. The first-order chi connectivity index (χ1) is 13.6. The van der Waals surface area contributed by atoms with Gasteiger partial charge in [-0.3, -0.25) is 5.32 Å². The van der Waals surface area contributed by atoms with Gasteiger partial charge in [0.05, 0.1) is 18.4 Å². The van der Waals surface area contributed by atoms with Crippen LogP contribution in [0.5, 0.6) is 0 Å². The van der Waals surface area contributed by atoms with Crippen LogP contribution in [0, 0.1) is 0 Å². The standard InChI is InChI=1S/C19H20N6O3/c1-3-20-19(27)25-15-10-9-14-17(23-15)24-16(11-21-14)22-13-7-5-12(6-8-13)18(26)28-4-2/h5-11H,3-4H2,1-2H3,(H3,20,22,23,24,25,27). The minimum Gasteiger partial charge on any atom is -0.462 e. The number of ether oxygens (including phenoxy) is 1. The van der Waals surface area contributed by atoms with Crippen LogP contribution >= 0.6 is 0 Å². The van der Waals surface area contributed by atoms with Gasteiger partial charge in [0.2, 0.25) is 0 Å². The summed E-state index contributed by atoms with van der Waals surface area (Å²) < 4.78 is 4.96. The molecule has 0 aliphatic carbocycles. The van der Waals surface area contributed by atoms with Gasteiger partial charge in [0, 0.05) is 12.2 Å². The third-order valence-electron chi connectivity index (χ3n) is 3.65. The Morgan fingerprint density at radius 2 is 1.75 bits per heavy atom. The van der Waals surface area contributed by atoms with Crippen LogP contribution in [0.3, 0.4) is 0 Å². The molecule has 144 valence electrons. The number of urea groups is 1. The molecule has 0 atom stereocenters. The molecule has 0 saturated carbocycles. The SMILES string of the molecule is CCNC(=O)Nc1ccc2ncc(Nc3ccc(C(=O)OCC)cc3)nc2n1. The number of carbonyl (C=O) groups excluding carboxylic acids is 2. The second-order valence-corrected chi connectivity index (χ2v) is 5.70. The van der Waals surface area contributed by atoms with Crippen LogP contribution < -0.4 is 16.0 Å². The molecular formula is C19H20N6O3. The van der Waals surface area contributed by atoms with E-state index in [0.717, 1.165) is 5.69 Å². The number of rotatable bonds is 6. The van der Waals surface area contributed by atoms with E-state index >= 15 is 0 Å². The smallest absolute Gasteiger partial charge is 0.338 e. The molecular weight excluding hydrogens is 360 g/mol. The molecule has 28 heavy (non-hydrogen) atoms. The average Bonchev–Trinajstić information content (AvgIpc) is 2.68. The van der Waals surface area contributed by atoms with Crippen LogP contribution in [0.15, 0.2) is 42.6 Å². The summed E-state index contributed by atoms with van der Waals surface area (Å²) in [5.74, 6) is 0.499. The zero-order chi connectivity index (χ0) is 19.9. The van der Waals surface area contributed by atoms with E-state index < -0.39 is 0 Å². The summed E-state index contributed by atoms with van der Waals surface area (Å²) in [6, 6.07) is 9.89. The Hall–Kier alpha value is -3.75. The monoisotopic (exact) mass is 380 g/mol. The Morgan fingerprint density at radius 1 is 1.00 bits per heavy atom. The van der Waals surface area contributed by atoms with Gasteiger partial charge < -0.3 is 15.4 Å². The third-order valence-corrected chi connectivity index (χ3v) is 3.65. The lowest BCUT2D eigenvalue weighted by molar-refractivity contribution is 0.0526. The molecule has 3 rings (SSSR count). The molecule has 2 aromatic heterocycles. The summed E-state index contributed by atoms with van der Waals surface area (Å²) >= 11 is 0. The van der Waals surface area contributed by atoms with Crippen LogP contribution in [0.4, 0.5) is 22.1 Å². The number of esters is 1. The predicted molar refractivity (Wildman–Crippen MR) is 106 cm³/mol. The largest absolute Gasteiger partial charge is 0.462 e. The molecule has 9 nitrogen and oxygen atoms in total. The van der Waals surface area contributed by atoms with Crippen LogP contribution in [0.2, 0.25) is 0 Å². The molecule has 0 radical (unpaired) electrons. The van der Waals surface area contributed by atoms with Crippen molar-refractivity contribution in [1.82, 2.24) is 20.3 Å². The molecule has 0 spiro atoms. The molecule has 2 amide bonds. The quantitative estimate of drug-likeness (QED) is 0.562. The molecule has 3 aromatic rings. The highest BCUT2D eigenvalue weighted by molar-refractivity contribution is 5.90. The number of fused-ring (bicyclic) bond motifs is 1. The Labute approximate surface area is 161 Å². The first-order valence-electron chi connectivity index (χ1n) is 8.82. The molecule has 1 aromatic carbocycles. The van der Waals surface area contributed by atoms with Crippen LogP contribution in [-0.2, 0) is 4.74 Å². The topological polar surface area (TPSA) is 118 Å². The van der Waals surface area contributed by atoms with Gasteiger partial charge in [-0.25, -0.2) is 24.5 Å². The third kappa shape index (κ3) is 4.70. The number of aromatic nitrogens is 3. The minimum atomic E-state index is -0.365. The van der Waals surface area contributed by atoms with Crippen molar-refractivity contribution in [3.63, 3.8) is 0 Å². The fourth-order valence-electron chi connectivity index (χ4n) is 2.40. The number of nitrogens with one attached hydrogen (secondary N) is 3. The number of carbonyl (C=O) groups is 2. The fourth-order valence-corrected chi connectivity index (χ4v) is 2.40. The normalized spacial score (nSPS) is 10.4. The van der Waals surface area contributed by atoms with E-state index in [-0.39, 0.29) is 12.0 Å². The number of hydrogen-bond donors (Lipinski definition) is 3. The summed E-state index contributed by atoms with van der Waals surface area (Å²) in [5, 5.41) is 8.38. The van der Waals surface area contributed by atoms with Crippen LogP contribution in [0.25, 0.3) is 11.2 Å². The zero-order valence-corrected chi connectivity index (χ0v) is 15.5. The summed E-state index contributed by atoms with van der Waals surface area (Å²) in [7, 11) is 0. The van der Waals surface area contributed by atoms with Crippen molar-refractivity contribution in [3.05, 3.63) is 48.2 Å². The van der Waals surface area contributed by atoms with Gasteiger partial charge >= 0.3 is 12.0 Å². The van der Waals surface area contributed by atoms with Gasteiger partial charge in [-0.1, -0.05) is 0 Å². The number of amides is 2. The highest BCUT2D eigenvalue weighted by atomic mass is 16.5. The maximum Gasteiger partial charge on any atom is 0.338 e. The lowest BCUT2D eigenvalue weighted by atomic mass is 10.2. The van der Waals surface area contributed by atoms with Gasteiger partial charge in [-0.05, 0) is 50.2 Å². The van der Waals surface area contributed by atoms with Crippen molar-refractivity contribution in [2.45, 2.75) is 13.8 Å². The Kier molecular flexibility index (Phi) is 5.95. The van der Waals surface area contributed by atoms with Crippen LogP contribution in [-0.4, -0.2) is 40.1 Å². The number of benzene rings is 1. The molecule has 0 unspecified atom stereocenters. The molecule has 0 bridgehead atoms. The molecule has 2 heterocycles. The molecule has 0 aliphatic rings. The molecule has 9 heteroatoms. The second kappa shape index (κ2) is 8.76. The molecule has 0 fully saturated rings. The summed E-state index contributed by atoms with van der Waals surface area (Å²) in [4.78, 5) is 36.4. The van der Waals surface area contributed by atoms with Crippen LogP contribution in [0.1, 0.15) is 24.2 Å². The minimum absolute atomic E-state index is 0.329. The number of anilines is 3. The molecule has 3 N–H and O–H groups in total.